The van der Waals surface area contributed by atoms with Gasteiger partial charge in [0.1, 0.15) is 17.0 Å². The van der Waals surface area contributed by atoms with Crippen molar-refractivity contribution in [1.82, 2.24) is 0 Å². The van der Waals surface area contributed by atoms with Gasteiger partial charge in [-0.15, -0.1) is 0 Å². The van der Waals surface area contributed by atoms with Crippen molar-refractivity contribution in [3.8, 4) is 22.3 Å². The Labute approximate surface area is 273 Å². The molecule has 0 spiro atoms. The summed E-state index contributed by atoms with van der Waals surface area (Å²) in [4.78, 5) is 9.86. The zero-order valence-corrected chi connectivity index (χ0v) is 25.7. The van der Waals surface area contributed by atoms with Gasteiger partial charge in [-0.05, 0) is 56.8 Å². The Bertz CT molecular complexity index is 2430. The van der Waals surface area contributed by atoms with E-state index in [0.29, 0.717) is 18.2 Å². The number of hydrogen-bond acceptors (Lipinski definition) is 2. The minimum atomic E-state index is 0.407. The van der Waals surface area contributed by atoms with Gasteiger partial charge >= 0.3 is 0 Å². The van der Waals surface area contributed by atoms with Crippen LogP contribution in [-0.4, -0.2) is 11.7 Å². The highest BCUT2D eigenvalue weighted by atomic mass is 16.3. The van der Waals surface area contributed by atoms with Gasteiger partial charge in [0.2, 0.25) is 0 Å². The molecule has 0 unspecified atom stereocenters. The van der Waals surface area contributed by atoms with Crippen LogP contribution < -0.4 is 5.73 Å². The molecule has 0 atom stereocenters. The van der Waals surface area contributed by atoms with Crippen molar-refractivity contribution in [3.05, 3.63) is 180 Å². The Balaban J connectivity index is 1.11. The Kier molecular flexibility index (Phi) is 7.37. The van der Waals surface area contributed by atoms with Crippen molar-refractivity contribution in [3.63, 3.8) is 0 Å². The van der Waals surface area contributed by atoms with Gasteiger partial charge < -0.3 is 10.2 Å². The lowest BCUT2D eigenvalue weighted by molar-refractivity contribution is 0.669. The van der Waals surface area contributed by atoms with E-state index >= 15 is 0 Å². The number of benzene rings is 7. The molecule has 224 valence electrons. The summed E-state index contributed by atoms with van der Waals surface area (Å²) in [5.41, 5.74) is 15.8. The average molecular weight is 606 g/mol. The highest BCUT2D eigenvalue weighted by Gasteiger charge is 2.13. The first-order chi connectivity index (χ1) is 23.2. The van der Waals surface area contributed by atoms with Gasteiger partial charge in [-0.25, -0.2) is 4.99 Å². The van der Waals surface area contributed by atoms with E-state index in [2.05, 4.69) is 91.0 Å². The van der Waals surface area contributed by atoms with Gasteiger partial charge in [0, 0.05) is 21.9 Å². The number of para-hydroxylation sites is 1. The van der Waals surface area contributed by atoms with E-state index in [0.717, 1.165) is 49.8 Å². The standard InChI is InChI=1S/C43H31N3O/c44-42(34-16-8-15-33(27-34)37-20-10-22-40-41(37)38-18-6-7-21-39(38)47-40)46-43(32-12-2-1-3-13-32)45-28-29-23-25-31(26-24-29)36-19-9-14-30-11-4-5-17-35(30)36/h1-27H,28H2,(H2,44,45,46). The van der Waals surface area contributed by atoms with Crippen molar-refractivity contribution in [2.45, 2.75) is 6.54 Å². The van der Waals surface area contributed by atoms with Crippen molar-refractivity contribution in [2.75, 3.05) is 0 Å². The lowest BCUT2D eigenvalue weighted by Crippen LogP contribution is -2.16. The summed E-state index contributed by atoms with van der Waals surface area (Å²) >= 11 is 0. The molecule has 4 nitrogen and oxygen atoms in total. The molecule has 2 N–H and O–H groups in total. The maximum absolute atomic E-state index is 6.71. The molecular formula is C43H31N3O. The Morgan fingerprint density at radius 2 is 1.19 bits per heavy atom. The molecular weight excluding hydrogens is 574 g/mol. The highest BCUT2D eigenvalue weighted by molar-refractivity contribution is 6.14. The van der Waals surface area contributed by atoms with Crippen molar-refractivity contribution >= 4 is 44.4 Å². The number of furan rings is 1. The Hall–Kier alpha value is -6.26. The zero-order valence-electron chi connectivity index (χ0n) is 25.7. The molecule has 0 fully saturated rings. The van der Waals surface area contributed by atoms with E-state index in [1.165, 1.54) is 21.9 Å². The SMILES string of the molecule is N/C(=N\C(=N/Cc1ccc(-c2cccc3ccccc23)cc1)c1ccccc1)c1cccc(-c2cccc3oc4ccccc4c23)c1. The van der Waals surface area contributed by atoms with Crippen LogP contribution in [0.4, 0.5) is 0 Å². The van der Waals surface area contributed by atoms with Crippen molar-refractivity contribution < 1.29 is 4.42 Å². The van der Waals surface area contributed by atoms with Gasteiger partial charge in [0.15, 0.2) is 5.84 Å². The van der Waals surface area contributed by atoms with Crippen LogP contribution in [0.2, 0.25) is 0 Å². The van der Waals surface area contributed by atoms with Crippen LogP contribution >= 0.6 is 0 Å². The monoisotopic (exact) mass is 605 g/mol. The molecule has 0 aliphatic rings. The first-order valence-electron chi connectivity index (χ1n) is 15.7. The molecule has 0 aliphatic carbocycles. The molecule has 0 amide bonds. The summed E-state index contributed by atoms with van der Waals surface area (Å²) in [6.45, 7) is 0.479. The third-order valence-electron chi connectivity index (χ3n) is 8.60. The van der Waals surface area contributed by atoms with Crippen LogP contribution in [0.3, 0.4) is 0 Å². The van der Waals surface area contributed by atoms with Crippen LogP contribution in [-0.2, 0) is 6.54 Å². The van der Waals surface area contributed by atoms with E-state index in [4.69, 9.17) is 20.1 Å². The number of nitrogens with two attached hydrogens (primary N) is 1. The molecule has 1 aromatic heterocycles. The Morgan fingerprint density at radius 1 is 0.532 bits per heavy atom. The molecule has 0 saturated carbocycles. The predicted molar refractivity (Wildman–Crippen MR) is 196 cm³/mol. The predicted octanol–water partition coefficient (Wildman–Crippen LogP) is 10.4. The second-order valence-electron chi connectivity index (χ2n) is 11.6. The Morgan fingerprint density at radius 3 is 2.06 bits per heavy atom. The second-order valence-corrected chi connectivity index (χ2v) is 11.6. The largest absolute Gasteiger partial charge is 0.456 e. The second kappa shape index (κ2) is 12.3. The molecule has 0 saturated heterocycles. The number of nitrogens with zero attached hydrogens (tertiary/aromatic N) is 2. The van der Waals surface area contributed by atoms with Gasteiger partial charge in [0.05, 0.1) is 6.54 Å². The van der Waals surface area contributed by atoms with Crippen molar-refractivity contribution in [1.29, 1.82) is 0 Å². The maximum Gasteiger partial charge on any atom is 0.157 e. The summed E-state index contributed by atoms with van der Waals surface area (Å²) in [5, 5.41) is 4.66. The summed E-state index contributed by atoms with van der Waals surface area (Å²) in [6, 6.07) is 56.0. The van der Waals surface area contributed by atoms with Gasteiger partial charge in [-0.2, -0.15) is 0 Å². The lowest BCUT2D eigenvalue weighted by atomic mass is 9.97. The molecule has 7 aromatic carbocycles. The van der Waals surface area contributed by atoms with Crippen LogP contribution in [0, 0.1) is 0 Å². The van der Waals surface area contributed by atoms with Crippen LogP contribution in [0.15, 0.2) is 178 Å². The maximum atomic E-state index is 6.71. The quantitative estimate of drug-likeness (QED) is 0.151. The number of fused-ring (bicyclic) bond motifs is 4. The summed E-state index contributed by atoms with van der Waals surface area (Å²) < 4.78 is 6.14. The van der Waals surface area contributed by atoms with Crippen LogP contribution in [0.1, 0.15) is 16.7 Å². The minimum absolute atomic E-state index is 0.407. The molecule has 0 bridgehead atoms. The van der Waals surface area contributed by atoms with Crippen LogP contribution in [0.5, 0.6) is 0 Å². The molecule has 8 rings (SSSR count). The van der Waals surface area contributed by atoms with Gasteiger partial charge in [0.25, 0.3) is 0 Å². The number of aliphatic imine (C=N–C) groups is 2. The van der Waals surface area contributed by atoms with E-state index in [9.17, 15) is 0 Å². The first-order valence-corrected chi connectivity index (χ1v) is 15.7. The zero-order chi connectivity index (χ0) is 31.6. The molecule has 47 heavy (non-hydrogen) atoms. The van der Waals surface area contributed by atoms with E-state index in [-0.39, 0.29) is 0 Å². The topological polar surface area (TPSA) is 63.9 Å². The first kappa shape index (κ1) is 28.2. The fourth-order valence-electron chi connectivity index (χ4n) is 6.25. The molecule has 0 aliphatic heterocycles. The molecule has 0 radical (unpaired) electrons. The summed E-state index contributed by atoms with van der Waals surface area (Å²) in [7, 11) is 0. The normalized spacial score (nSPS) is 12.3. The fraction of sp³-hybridized carbons (Fsp3) is 0.0233. The van der Waals surface area contributed by atoms with E-state index < -0.39 is 0 Å². The van der Waals surface area contributed by atoms with Gasteiger partial charge in [-0.1, -0.05) is 146 Å². The van der Waals surface area contributed by atoms with E-state index in [1.54, 1.807) is 0 Å². The number of amidine groups is 2. The fourth-order valence-corrected chi connectivity index (χ4v) is 6.25. The van der Waals surface area contributed by atoms with E-state index in [1.807, 2.05) is 72.8 Å². The summed E-state index contributed by atoms with van der Waals surface area (Å²) in [6.07, 6.45) is 0. The number of rotatable bonds is 6. The minimum Gasteiger partial charge on any atom is -0.456 e. The summed E-state index contributed by atoms with van der Waals surface area (Å²) in [5.74, 6) is 1.000. The van der Waals surface area contributed by atoms with Crippen molar-refractivity contribution in [2.24, 2.45) is 15.7 Å². The number of hydrogen-bond donors (Lipinski definition) is 1. The van der Waals surface area contributed by atoms with Crippen LogP contribution in [0.25, 0.3) is 55.0 Å². The third-order valence-corrected chi connectivity index (χ3v) is 8.60. The highest BCUT2D eigenvalue weighted by Crippen LogP contribution is 2.36. The molecule has 8 aromatic rings. The van der Waals surface area contributed by atoms with Gasteiger partial charge in [-0.3, -0.25) is 4.99 Å². The molecule has 4 heteroatoms. The third kappa shape index (κ3) is 5.58. The molecule has 1 heterocycles. The smallest absolute Gasteiger partial charge is 0.157 e. The lowest BCUT2D eigenvalue weighted by Gasteiger charge is -2.09. The average Bonchev–Trinajstić information content (AvgIpc) is 3.53.